The number of carbonyl (C=O) groups excluding carboxylic acids is 2. The Bertz CT molecular complexity index is 1100. The lowest BCUT2D eigenvalue weighted by Gasteiger charge is -2.06. The van der Waals surface area contributed by atoms with Gasteiger partial charge in [0.1, 0.15) is 5.82 Å². The average Bonchev–Trinajstić information content (AvgIpc) is 3.19. The second kappa shape index (κ2) is 7.76. The van der Waals surface area contributed by atoms with Gasteiger partial charge in [0.25, 0.3) is 5.91 Å². The zero-order valence-electron chi connectivity index (χ0n) is 15.1. The maximum Gasteiger partial charge on any atom is 0.256 e. The second-order valence-electron chi connectivity index (χ2n) is 6.35. The van der Waals surface area contributed by atoms with Crippen molar-refractivity contribution in [2.45, 2.75) is 0 Å². The van der Waals surface area contributed by atoms with E-state index in [1.807, 2.05) is 54.6 Å². The van der Waals surface area contributed by atoms with Crippen molar-refractivity contribution in [1.29, 1.82) is 0 Å². The standard InChI is InChI=1S/C24H18N2O2/c27-22(18-12-6-2-7-13-18)20-16-21(17-10-4-1-5-11-17)25-23(20)26-24(28)19-14-8-3-9-15-19/h1-16,25H,(H,26,28). The number of benzene rings is 3. The topological polar surface area (TPSA) is 62.0 Å². The summed E-state index contributed by atoms with van der Waals surface area (Å²) in [5, 5.41) is 2.85. The maximum absolute atomic E-state index is 13.1. The summed E-state index contributed by atoms with van der Waals surface area (Å²) in [7, 11) is 0. The van der Waals surface area contributed by atoms with Crippen molar-refractivity contribution in [3.8, 4) is 11.3 Å². The molecule has 4 heteroatoms. The molecule has 28 heavy (non-hydrogen) atoms. The van der Waals surface area contributed by atoms with Crippen molar-refractivity contribution in [2.24, 2.45) is 0 Å². The number of carbonyl (C=O) groups is 2. The van der Waals surface area contributed by atoms with Gasteiger partial charge in [-0.2, -0.15) is 0 Å². The molecule has 0 saturated carbocycles. The molecule has 3 aromatic carbocycles. The van der Waals surface area contributed by atoms with E-state index in [0.29, 0.717) is 22.5 Å². The lowest BCUT2D eigenvalue weighted by atomic mass is 10.0. The van der Waals surface area contributed by atoms with E-state index < -0.39 is 0 Å². The van der Waals surface area contributed by atoms with Crippen LogP contribution in [0.2, 0.25) is 0 Å². The van der Waals surface area contributed by atoms with Gasteiger partial charge in [-0.05, 0) is 23.8 Å². The fourth-order valence-electron chi connectivity index (χ4n) is 3.03. The average molecular weight is 366 g/mol. The summed E-state index contributed by atoms with van der Waals surface area (Å²) in [4.78, 5) is 28.9. The molecule has 0 radical (unpaired) electrons. The number of anilines is 1. The van der Waals surface area contributed by atoms with E-state index in [1.165, 1.54) is 0 Å². The predicted molar refractivity (Wildman–Crippen MR) is 110 cm³/mol. The molecule has 0 aliphatic rings. The van der Waals surface area contributed by atoms with Gasteiger partial charge >= 0.3 is 0 Å². The van der Waals surface area contributed by atoms with E-state index in [0.717, 1.165) is 11.3 Å². The lowest BCUT2D eigenvalue weighted by Crippen LogP contribution is -2.14. The Hall–Kier alpha value is -3.92. The number of nitrogens with one attached hydrogen (secondary N) is 2. The van der Waals surface area contributed by atoms with Crippen LogP contribution in [-0.2, 0) is 0 Å². The molecule has 0 unspecified atom stereocenters. The molecule has 0 aliphatic heterocycles. The molecular formula is C24H18N2O2. The van der Waals surface area contributed by atoms with E-state index in [4.69, 9.17) is 0 Å². The van der Waals surface area contributed by atoms with Gasteiger partial charge in [0.15, 0.2) is 5.78 Å². The summed E-state index contributed by atoms with van der Waals surface area (Å²) >= 11 is 0. The highest BCUT2D eigenvalue weighted by Crippen LogP contribution is 2.27. The van der Waals surface area contributed by atoms with E-state index in [9.17, 15) is 9.59 Å². The van der Waals surface area contributed by atoms with Crippen LogP contribution in [0.25, 0.3) is 11.3 Å². The number of rotatable bonds is 5. The van der Waals surface area contributed by atoms with Gasteiger partial charge in [-0.15, -0.1) is 0 Å². The minimum atomic E-state index is -0.274. The molecule has 4 aromatic rings. The van der Waals surface area contributed by atoms with Crippen molar-refractivity contribution in [3.63, 3.8) is 0 Å². The molecule has 136 valence electrons. The van der Waals surface area contributed by atoms with Crippen LogP contribution in [-0.4, -0.2) is 16.7 Å². The van der Waals surface area contributed by atoms with Gasteiger partial charge in [0.2, 0.25) is 0 Å². The quantitative estimate of drug-likeness (QED) is 0.479. The Morgan fingerprint density at radius 1 is 0.679 bits per heavy atom. The second-order valence-corrected chi connectivity index (χ2v) is 6.35. The summed E-state index contributed by atoms with van der Waals surface area (Å²) in [6.45, 7) is 0. The molecule has 1 aromatic heterocycles. The number of amides is 1. The van der Waals surface area contributed by atoms with Gasteiger partial charge in [0.05, 0.1) is 5.56 Å². The van der Waals surface area contributed by atoms with Gasteiger partial charge in [-0.3, -0.25) is 9.59 Å². The Morgan fingerprint density at radius 2 is 1.21 bits per heavy atom. The summed E-state index contributed by atoms with van der Waals surface area (Å²) in [5.41, 5.74) is 3.22. The first-order chi connectivity index (χ1) is 13.7. The van der Waals surface area contributed by atoms with Crippen LogP contribution in [0.15, 0.2) is 97.1 Å². The molecule has 0 saturated heterocycles. The van der Waals surface area contributed by atoms with Gasteiger partial charge in [-0.25, -0.2) is 0 Å². The molecule has 0 aliphatic carbocycles. The molecule has 1 amide bonds. The number of hydrogen-bond acceptors (Lipinski definition) is 2. The Labute approximate surface area is 162 Å². The Kier molecular flexibility index (Phi) is 4.85. The minimum Gasteiger partial charge on any atom is -0.341 e. The molecule has 0 atom stereocenters. The smallest absolute Gasteiger partial charge is 0.256 e. The van der Waals surface area contributed by atoms with E-state index >= 15 is 0 Å². The fraction of sp³-hybridized carbons (Fsp3) is 0. The van der Waals surface area contributed by atoms with Gasteiger partial charge in [0, 0.05) is 16.8 Å². The highest BCUT2D eigenvalue weighted by Gasteiger charge is 2.20. The number of aromatic nitrogens is 1. The Morgan fingerprint density at radius 3 is 1.82 bits per heavy atom. The number of ketones is 1. The molecule has 1 heterocycles. The van der Waals surface area contributed by atoms with Crippen molar-refractivity contribution in [3.05, 3.63) is 114 Å². The first kappa shape index (κ1) is 17.5. The first-order valence-electron chi connectivity index (χ1n) is 8.97. The third kappa shape index (κ3) is 3.62. The lowest BCUT2D eigenvalue weighted by molar-refractivity contribution is 0.102. The summed E-state index contributed by atoms with van der Waals surface area (Å²) in [6.07, 6.45) is 0. The van der Waals surface area contributed by atoms with Crippen LogP contribution in [0.1, 0.15) is 26.3 Å². The van der Waals surface area contributed by atoms with Crippen molar-refractivity contribution < 1.29 is 9.59 Å². The van der Waals surface area contributed by atoms with Crippen molar-refractivity contribution in [1.82, 2.24) is 4.98 Å². The van der Waals surface area contributed by atoms with E-state index in [2.05, 4.69) is 10.3 Å². The molecule has 2 N–H and O–H groups in total. The van der Waals surface area contributed by atoms with Crippen molar-refractivity contribution >= 4 is 17.5 Å². The van der Waals surface area contributed by atoms with Crippen LogP contribution in [0.5, 0.6) is 0 Å². The third-order valence-corrected chi connectivity index (χ3v) is 4.46. The zero-order valence-corrected chi connectivity index (χ0v) is 15.1. The number of hydrogen-bond donors (Lipinski definition) is 2. The summed E-state index contributed by atoms with van der Waals surface area (Å²) in [6, 6.07) is 29.4. The molecule has 4 nitrogen and oxygen atoms in total. The normalized spacial score (nSPS) is 10.4. The van der Waals surface area contributed by atoms with Gasteiger partial charge in [-0.1, -0.05) is 78.9 Å². The van der Waals surface area contributed by atoms with E-state index in [1.54, 1.807) is 42.5 Å². The minimum absolute atomic E-state index is 0.151. The first-order valence-corrected chi connectivity index (χ1v) is 8.97. The molecule has 0 bridgehead atoms. The zero-order chi connectivity index (χ0) is 19.3. The molecule has 0 fully saturated rings. The van der Waals surface area contributed by atoms with Gasteiger partial charge < -0.3 is 10.3 Å². The van der Waals surface area contributed by atoms with Crippen LogP contribution >= 0.6 is 0 Å². The van der Waals surface area contributed by atoms with Crippen LogP contribution < -0.4 is 5.32 Å². The molecular weight excluding hydrogens is 348 g/mol. The highest BCUT2D eigenvalue weighted by atomic mass is 16.2. The number of aromatic amines is 1. The Balaban J connectivity index is 1.74. The summed E-state index contributed by atoms with van der Waals surface area (Å²) < 4.78 is 0. The molecule has 0 spiro atoms. The van der Waals surface area contributed by atoms with Crippen LogP contribution in [0.4, 0.5) is 5.82 Å². The predicted octanol–water partition coefficient (Wildman–Crippen LogP) is 5.17. The van der Waals surface area contributed by atoms with Crippen LogP contribution in [0.3, 0.4) is 0 Å². The SMILES string of the molecule is O=C(Nc1[nH]c(-c2ccccc2)cc1C(=O)c1ccccc1)c1ccccc1. The fourth-order valence-corrected chi connectivity index (χ4v) is 3.03. The monoisotopic (exact) mass is 366 g/mol. The maximum atomic E-state index is 13.1. The van der Waals surface area contributed by atoms with Crippen molar-refractivity contribution in [2.75, 3.05) is 5.32 Å². The van der Waals surface area contributed by atoms with Crippen LogP contribution in [0, 0.1) is 0 Å². The number of H-pyrrole nitrogens is 1. The molecule has 4 rings (SSSR count). The van der Waals surface area contributed by atoms with E-state index in [-0.39, 0.29) is 11.7 Å². The summed E-state index contributed by atoms with van der Waals surface area (Å²) in [5.74, 6) is -0.0341. The third-order valence-electron chi connectivity index (χ3n) is 4.46. The largest absolute Gasteiger partial charge is 0.341 e. The highest BCUT2D eigenvalue weighted by molar-refractivity contribution is 6.15.